The molecule has 4 aromatic carbocycles. The number of benzene rings is 4. The van der Waals surface area contributed by atoms with Crippen LogP contribution >= 0.6 is 0 Å². The molecule has 0 radical (unpaired) electrons. The predicted molar refractivity (Wildman–Crippen MR) is 147 cm³/mol. The maximum absolute atomic E-state index is 12.3. The second-order valence-corrected chi connectivity index (χ2v) is 9.63. The van der Waals surface area contributed by atoms with E-state index in [1.54, 1.807) is 24.3 Å². The normalized spacial score (nSPS) is 16.8. The number of hydrogen-bond acceptors (Lipinski definition) is 4. The third-order valence-corrected chi connectivity index (χ3v) is 7.69. The standard InChI is InChI=1S/C33H20N2O4/c36-29-17-18-30(37)34(29)23-13-9-21(10-14-23)33(22-11-15-24(16-12-22)35-31(38)19-20-32(35)39)27-7-3-1-5-25(27)26-6-2-4-8-28(26)33/h1-20H. The van der Waals surface area contributed by atoms with Gasteiger partial charge in [0.2, 0.25) is 0 Å². The predicted octanol–water partition coefficient (Wildman–Crippen LogP) is 4.91. The van der Waals surface area contributed by atoms with Gasteiger partial charge in [-0.05, 0) is 57.6 Å². The van der Waals surface area contributed by atoms with E-state index in [-0.39, 0.29) is 23.6 Å². The van der Waals surface area contributed by atoms with Crippen molar-refractivity contribution in [1.82, 2.24) is 0 Å². The monoisotopic (exact) mass is 508 g/mol. The zero-order valence-electron chi connectivity index (χ0n) is 20.6. The third kappa shape index (κ3) is 3.15. The number of imide groups is 2. The SMILES string of the molecule is O=C1C=CC(=O)N1c1ccc(C2(c3ccc(N4C(=O)C=CC4=O)cc3)c3ccccc3-c3ccccc32)cc1. The van der Waals surface area contributed by atoms with Gasteiger partial charge >= 0.3 is 0 Å². The van der Waals surface area contributed by atoms with Crippen molar-refractivity contribution in [3.8, 4) is 11.1 Å². The first kappa shape index (κ1) is 22.8. The van der Waals surface area contributed by atoms with Crippen LogP contribution in [0, 0.1) is 0 Å². The number of amides is 4. The Morgan fingerprint density at radius 3 is 1.10 bits per heavy atom. The average Bonchev–Trinajstić information content (AvgIpc) is 3.59. The molecule has 0 N–H and O–H groups in total. The summed E-state index contributed by atoms with van der Waals surface area (Å²) in [6, 6.07) is 31.5. The van der Waals surface area contributed by atoms with E-state index >= 15 is 0 Å². The Labute approximate surface area is 224 Å². The van der Waals surface area contributed by atoms with Gasteiger partial charge < -0.3 is 0 Å². The van der Waals surface area contributed by atoms with Crippen LogP contribution in [0.25, 0.3) is 11.1 Å². The number of carbonyl (C=O) groups is 4. The lowest BCUT2D eigenvalue weighted by molar-refractivity contribution is -0.121. The number of carbonyl (C=O) groups excluding carboxylic acids is 4. The average molecular weight is 509 g/mol. The molecule has 6 nitrogen and oxygen atoms in total. The van der Waals surface area contributed by atoms with E-state index in [1.807, 2.05) is 48.5 Å². The Morgan fingerprint density at radius 1 is 0.410 bits per heavy atom. The summed E-state index contributed by atoms with van der Waals surface area (Å²) in [5.74, 6) is -1.46. The smallest absolute Gasteiger partial charge is 0.258 e. The highest BCUT2D eigenvalue weighted by molar-refractivity contribution is 6.28. The van der Waals surface area contributed by atoms with E-state index in [9.17, 15) is 19.2 Å². The Morgan fingerprint density at radius 2 is 0.744 bits per heavy atom. The lowest BCUT2D eigenvalue weighted by Gasteiger charge is -2.34. The Hall–Kier alpha value is -5.36. The molecule has 3 aliphatic rings. The van der Waals surface area contributed by atoms with Crippen LogP contribution in [-0.4, -0.2) is 23.6 Å². The number of fused-ring (bicyclic) bond motifs is 3. The van der Waals surface area contributed by atoms with Crippen molar-refractivity contribution in [2.24, 2.45) is 0 Å². The van der Waals surface area contributed by atoms with Crippen molar-refractivity contribution in [2.75, 3.05) is 9.80 Å². The molecule has 2 heterocycles. The van der Waals surface area contributed by atoms with E-state index in [1.165, 1.54) is 24.3 Å². The molecule has 0 saturated carbocycles. The largest absolute Gasteiger partial charge is 0.269 e. The van der Waals surface area contributed by atoms with Gasteiger partial charge in [-0.25, -0.2) is 9.80 Å². The minimum absolute atomic E-state index is 0.366. The minimum Gasteiger partial charge on any atom is -0.269 e. The van der Waals surface area contributed by atoms with Crippen LogP contribution in [0.3, 0.4) is 0 Å². The number of rotatable bonds is 4. The van der Waals surface area contributed by atoms with Crippen LogP contribution < -0.4 is 9.80 Å². The molecule has 0 fully saturated rings. The summed E-state index contributed by atoms with van der Waals surface area (Å²) in [4.78, 5) is 51.5. The molecule has 6 heteroatoms. The summed E-state index contributed by atoms with van der Waals surface area (Å²) < 4.78 is 0. The Kier molecular flexibility index (Phi) is 4.87. The lowest BCUT2D eigenvalue weighted by atomic mass is 9.67. The first-order valence-corrected chi connectivity index (χ1v) is 12.5. The van der Waals surface area contributed by atoms with Crippen molar-refractivity contribution in [1.29, 1.82) is 0 Å². The number of anilines is 2. The van der Waals surface area contributed by atoms with Crippen LogP contribution in [-0.2, 0) is 24.6 Å². The molecule has 0 saturated heterocycles. The molecular formula is C33H20N2O4. The second kappa shape index (κ2) is 8.33. The van der Waals surface area contributed by atoms with Gasteiger partial charge in [-0.2, -0.15) is 0 Å². The van der Waals surface area contributed by atoms with Gasteiger partial charge in [-0.1, -0.05) is 72.8 Å². The molecule has 0 unspecified atom stereocenters. The van der Waals surface area contributed by atoms with Crippen LogP contribution in [0.4, 0.5) is 11.4 Å². The first-order chi connectivity index (χ1) is 19.0. The maximum Gasteiger partial charge on any atom is 0.258 e. The number of hydrogen-bond donors (Lipinski definition) is 0. The molecule has 7 rings (SSSR count). The van der Waals surface area contributed by atoms with E-state index < -0.39 is 5.41 Å². The molecule has 1 aliphatic carbocycles. The van der Waals surface area contributed by atoms with Crippen LogP contribution in [0.5, 0.6) is 0 Å². The van der Waals surface area contributed by atoms with Crippen molar-refractivity contribution in [3.05, 3.63) is 144 Å². The molecule has 4 amide bonds. The third-order valence-electron chi connectivity index (χ3n) is 7.69. The zero-order valence-corrected chi connectivity index (χ0v) is 20.6. The molecule has 39 heavy (non-hydrogen) atoms. The summed E-state index contributed by atoms with van der Waals surface area (Å²) >= 11 is 0. The summed E-state index contributed by atoms with van der Waals surface area (Å²) in [6.07, 6.45) is 5.09. The highest BCUT2D eigenvalue weighted by Gasteiger charge is 2.46. The molecular weight excluding hydrogens is 488 g/mol. The van der Waals surface area contributed by atoms with Crippen LogP contribution in [0.1, 0.15) is 22.3 Å². The lowest BCUT2D eigenvalue weighted by Crippen LogP contribution is -2.31. The van der Waals surface area contributed by atoms with Gasteiger partial charge in [0.25, 0.3) is 23.6 Å². The quantitative estimate of drug-likeness (QED) is 0.324. The van der Waals surface area contributed by atoms with Gasteiger partial charge in [0.05, 0.1) is 16.8 Å². The van der Waals surface area contributed by atoms with Gasteiger partial charge in [0.15, 0.2) is 0 Å². The van der Waals surface area contributed by atoms with E-state index in [0.29, 0.717) is 11.4 Å². The second-order valence-electron chi connectivity index (χ2n) is 9.63. The summed E-state index contributed by atoms with van der Waals surface area (Å²) in [5, 5.41) is 0. The zero-order chi connectivity index (χ0) is 26.7. The molecule has 2 aliphatic heterocycles. The summed E-state index contributed by atoms with van der Waals surface area (Å²) in [7, 11) is 0. The topological polar surface area (TPSA) is 74.8 Å². The van der Waals surface area contributed by atoms with Crippen molar-refractivity contribution >= 4 is 35.0 Å². The van der Waals surface area contributed by atoms with E-state index in [0.717, 1.165) is 43.2 Å². The van der Waals surface area contributed by atoms with Crippen molar-refractivity contribution < 1.29 is 19.2 Å². The van der Waals surface area contributed by atoms with E-state index in [4.69, 9.17) is 0 Å². The highest BCUT2D eigenvalue weighted by atomic mass is 16.2. The Bertz CT molecular complexity index is 1610. The summed E-state index contributed by atoms with van der Waals surface area (Å²) in [5.41, 5.74) is 6.63. The van der Waals surface area contributed by atoms with Crippen molar-refractivity contribution in [3.63, 3.8) is 0 Å². The molecule has 0 bridgehead atoms. The molecule has 0 aromatic heterocycles. The molecule has 186 valence electrons. The fraction of sp³-hybridized carbons (Fsp3) is 0.0303. The van der Waals surface area contributed by atoms with Gasteiger partial charge in [0, 0.05) is 24.3 Å². The van der Waals surface area contributed by atoms with Gasteiger partial charge in [-0.3, -0.25) is 19.2 Å². The Balaban J connectivity index is 1.43. The maximum atomic E-state index is 12.3. The molecule has 4 aromatic rings. The molecule has 0 spiro atoms. The fourth-order valence-electron chi connectivity index (χ4n) is 6.05. The van der Waals surface area contributed by atoms with Crippen molar-refractivity contribution in [2.45, 2.75) is 5.41 Å². The first-order valence-electron chi connectivity index (χ1n) is 12.5. The van der Waals surface area contributed by atoms with Gasteiger partial charge in [0.1, 0.15) is 0 Å². The van der Waals surface area contributed by atoms with Crippen LogP contribution in [0.15, 0.2) is 121 Å². The highest BCUT2D eigenvalue weighted by Crippen LogP contribution is 2.56. The van der Waals surface area contributed by atoms with Gasteiger partial charge in [-0.15, -0.1) is 0 Å². The van der Waals surface area contributed by atoms with Crippen LogP contribution in [0.2, 0.25) is 0 Å². The fourth-order valence-corrected chi connectivity index (χ4v) is 6.05. The molecule has 0 atom stereocenters. The van der Waals surface area contributed by atoms with E-state index in [2.05, 4.69) is 24.3 Å². The summed E-state index contributed by atoms with van der Waals surface area (Å²) in [6.45, 7) is 0. The number of nitrogens with zero attached hydrogens (tertiary/aromatic N) is 2. The minimum atomic E-state index is -0.710.